The first-order valence-corrected chi connectivity index (χ1v) is 6.27. The molecule has 0 fully saturated rings. The SMILES string of the molecule is Brc1ccc2c(c1)[B]c1cc(Br)ccc1-2. The maximum Gasteiger partial charge on any atom is 0.193 e. The first-order chi connectivity index (χ1) is 7.24. The number of fused-ring (bicyclic) bond motifs is 3. The van der Waals surface area contributed by atoms with Gasteiger partial charge in [0.1, 0.15) is 0 Å². The molecule has 1 aliphatic heterocycles. The number of hydrogen-bond acceptors (Lipinski definition) is 0. The summed E-state index contributed by atoms with van der Waals surface area (Å²) in [6.07, 6.45) is 0. The average Bonchev–Trinajstić information content (AvgIpc) is 2.53. The Kier molecular flexibility index (Phi) is 2.25. The van der Waals surface area contributed by atoms with Crippen molar-refractivity contribution in [1.82, 2.24) is 0 Å². The third-order valence-corrected chi connectivity index (χ3v) is 3.61. The van der Waals surface area contributed by atoms with Crippen molar-refractivity contribution >= 4 is 50.1 Å². The van der Waals surface area contributed by atoms with E-state index in [2.05, 4.69) is 75.5 Å². The molecule has 0 saturated heterocycles. The first-order valence-electron chi connectivity index (χ1n) is 4.68. The minimum absolute atomic E-state index is 1.13. The zero-order valence-electron chi connectivity index (χ0n) is 7.80. The molecule has 0 spiro atoms. The third kappa shape index (κ3) is 1.58. The van der Waals surface area contributed by atoms with E-state index in [1.807, 2.05) is 0 Å². The molecule has 15 heavy (non-hydrogen) atoms. The lowest BCUT2D eigenvalue weighted by molar-refractivity contribution is 1.65. The van der Waals surface area contributed by atoms with Crippen LogP contribution in [0.15, 0.2) is 45.3 Å². The molecule has 0 saturated carbocycles. The van der Waals surface area contributed by atoms with Crippen LogP contribution < -0.4 is 10.9 Å². The molecule has 0 aromatic heterocycles. The van der Waals surface area contributed by atoms with E-state index in [1.165, 1.54) is 22.1 Å². The van der Waals surface area contributed by atoms with Crippen LogP contribution in [0.2, 0.25) is 0 Å². The maximum absolute atomic E-state index is 3.49. The van der Waals surface area contributed by atoms with E-state index in [9.17, 15) is 0 Å². The second-order valence-electron chi connectivity index (χ2n) is 3.61. The van der Waals surface area contributed by atoms with Gasteiger partial charge in [-0.15, -0.1) is 0 Å². The largest absolute Gasteiger partial charge is 0.193 e. The number of rotatable bonds is 0. The van der Waals surface area contributed by atoms with E-state index in [4.69, 9.17) is 0 Å². The van der Waals surface area contributed by atoms with Gasteiger partial charge in [0.15, 0.2) is 7.28 Å². The van der Waals surface area contributed by atoms with Crippen LogP contribution in [-0.4, -0.2) is 7.28 Å². The Morgan fingerprint density at radius 2 is 1.20 bits per heavy atom. The number of halogens is 2. The zero-order chi connectivity index (χ0) is 10.4. The van der Waals surface area contributed by atoms with Crippen LogP contribution in [0.3, 0.4) is 0 Å². The lowest BCUT2D eigenvalue weighted by Crippen LogP contribution is -2.20. The van der Waals surface area contributed by atoms with Crippen molar-refractivity contribution < 1.29 is 0 Å². The molecular formula is C12H6BBr2. The Morgan fingerprint density at radius 1 is 0.733 bits per heavy atom. The van der Waals surface area contributed by atoms with Crippen molar-refractivity contribution in [2.75, 3.05) is 0 Å². The monoisotopic (exact) mass is 319 g/mol. The summed E-state index contributed by atoms with van der Waals surface area (Å²) in [5, 5.41) is 0. The van der Waals surface area contributed by atoms with Crippen LogP contribution in [-0.2, 0) is 0 Å². The summed E-state index contributed by atoms with van der Waals surface area (Å²) in [5.74, 6) is 0. The fourth-order valence-corrected chi connectivity index (χ4v) is 2.72. The van der Waals surface area contributed by atoms with Gasteiger partial charge in [0.25, 0.3) is 0 Å². The predicted molar refractivity (Wildman–Crippen MR) is 72.3 cm³/mol. The molecule has 0 nitrogen and oxygen atoms in total. The van der Waals surface area contributed by atoms with Gasteiger partial charge in [-0.05, 0) is 23.3 Å². The van der Waals surface area contributed by atoms with Gasteiger partial charge in [-0.2, -0.15) is 0 Å². The first kappa shape index (κ1) is 9.67. The van der Waals surface area contributed by atoms with Gasteiger partial charge in [-0.3, -0.25) is 0 Å². The van der Waals surface area contributed by atoms with Crippen molar-refractivity contribution in [3.8, 4) is 11.1 Å². The summed E-state index contributed by atoms with van der Waals surface area (Å²) in [6, 6.07) is 12.8. The van der Waals surface area contributed by atoms with E-state index < -0.39 is 0 Å². The lowest BCUT2D eigenvalue weighted by atomic mass is 9.68. The Bertz CT molecular complexity index is 500. The molecule has 3 heteroatoms. The standard InChI is InChI=1S/C12H6BBr2/c14-7-1-3-9-10-4-2-8(15)6-12(10)13-11(9)5-7/h1-6H. The fraction of sp³-hybridized carbons (Fsp3) is 0. The second-order valence-corrected chi connectivity index (χ2v) is 5.44. The van der Waals surface area contributed by atoms with Gasteiger partial charge >= 0.3 is 0 Å². The van der Waals surface area contributed by atoms with Gasteiger partial charge in [0, 0.05) is 8.95 Å². The van der Waals surface area contributed by atoms with Gasteiger partial charge in [-0.1, -0.05) is 67.1 Å². The topological polar surface area (TPSA) is 0 Å². The molecule has 71 valence electrons. The Hall–Kier alpha value is -0.535. The van der Waals surface area contributed by atoms with Gasteiger partial charge in [0.05, 0.1) is 0 Å². The fourth-order valence-electron chi connectivity index (χ4n) is 1.96. The van der Waals surface area contributed by atoms with Gasteiger partial charge < -0.3 is 0 Å². The van der Waals surface area contributed by atoms with Crippen molar-refractivity contribution in [1.29, 1.82) is 0 Å². The highest BCUT2D eigenvalue weighted by molar-refractivity contribution is 9.10. The molecule has 3 rings (SSSR count). The van der Waals surface area contributed by atoms with Crippen LogP contribution in [0.25, 0.3) is 11.1 Å². The van der Waals surface area contributed by atoms with E-state index >= 15 is 0 Å². The molecule has 2 aromatic rings. The minimum atomic E-state index is 1.13. The minimum Gasteiger partial charge on any atom is -0.0726 e. The molecule has 1 radical (unpaired) electrons. The highest BCUT2D eigenvalue weighted by atomic mass is 79.9. The van der Waals surface area contributed by atoms with Gasteiger partial charge in [0.2, 0.25) is 0 Å². The van der Waals surface area contributed by atoms with Crippen LogP contribution in [0.5, 0.6) is 0 Å². The summed E-state index contributed by atoms with van der Waals surface area (Å²) in [6.45, 7) is 0. The third-order valence-electron chi connectivity index (χ3n) is 2.63. The summed E-state index contributed by atoms with van der Waals surface area (Å²) in [7, 11) is 2.22. The maximum atomic E-state index is 3.49. The van der Waals surface area contributed by atoms with Gasteiger partial charge in [-0.25, -0.2) is 0 Å². The lowest BCUT2D eigenvalue weighted by Gasteiger charge is -2.02. The summed E-state index contributed by atoms with van der Waals surface area (Å²) in [5.41, 5.74) is 5.22. The molecule has 1 aliphatic rings. The summed E-state index contributed by atoms with van der Waals surface area (Å²) < 4.78 is 2.26. The van der Waals surface area contributed by atoms with Crippen molar-refractivity contribution in [3.05, 3.63) is 45.3 Å². The molecule has 0 atom stereocenters. The molecular weight excluding hydrogens is 315 g/mol. The Balaban J connectivity index is 2.24. The number of benzene rings is 2. The van der Waals surface area contributed by atoms with Crippen LogP contribution in [0.4, 0.5) is 0 Å². The summed E-state index contributed by atoms with van der Waals surface area (Å²) in [4.78, 5) is 0. The molecule has 0 bridgehead atoms. The van der Waals surface area contributed by atoms with E-state index in [-0.39, 0.29) is 0 Å². The Labute approximate surface area is 106 Å². The van der Waals surface area contributed by atoms with Crippen LogP contribution in [0.1, 0.15) is 0 Å². The quantitative estimate of drug-likeness (QED) is 0.559. The van der Waals surface area contributed by atoms with Crippen LogP contribution in [0, 0.1) is 0 Å². The van der Waals surface area contributed by atoms with E-state index in [0.717, 1.165) is 8.95 Å². The molecule has 0 N–H and O–H groups in total. The summed E-state index contributed by atoms with van der Waals surface area (Å²) >= 11 is 6.99. The predicted octanol–water partition coefficient (Wildman–Crippen LogP) is 2.85. The zero-order valence-corrected chi connectivity index (χ0v) is 11.0. The molecule has 0 unspecified atom stereocenters. The van der Waals surface area contributed by atoms with Crippen LogP contribution >= 0.6 is 31.9 Å². The van der Waals surface area contributed by atoms with E-state index in [1.54, 1.807) is 0 Å². The van der Waals surface area contributed by atoms with Crippen molar-refractivity contribution in [2.45, 2.75) is 0 Å². The molecule has 0 aliphatic carbocycles. The smallest absolute Gasteiger partial charge is 0.0726 e. The molecule has 1 heterocycles. The highest BCUT2D eigenvalue weighted by Gasteiger charge is 2.19. The molecule has 2 aromatic carbocycles. The second kappa shape index (κ2) is 3.50. The normalized spacial score (nSPS) is 11.9. The number of hydrogen-bond donors (Lipinski definition) is 0. The average molecular weight is 321 g/mol. The van der Waals surface area contributed by atoms with Crippen molar-refractivity contribution in [3.63, 3.8) is 0 Å². The highest BCUT2D eigenvalue weighted by Crippen LogP contribution is 2.24. The Morgan fingerprint density at radius 3 is 1.67 bits per heavy atom. The van der Waals surface area contributed by atoms with Crippen molar-refractivity contribution in [2.24, 2.45) is 0 Å². The van der Waals surface area contributed by atoms with E-state index in [0.29, 0.717) is 0 Å². The molecule has 0 amide bonds.